The molecule has 1 aliphatic heterocycles. The Bertz CT molecular complexity index is 900. The molecule has 2 N–H and O–H groups in total. The van der Waals surface area contributed by atoms with Crippen LogP contribution in [0.1, 0.15) is 28.3 Å². The number of nitrogens with zero attached hydrogens (tertiary/aromatic N) is 1. The number of ether oxygens (including phenoxy) is 1. The van der Waals surface area contributed by atoms with Gasteiger partial charge in [-0.15, -0.1) is 0 Å². The van der Waals surface area contributed by atoms with Crippen molar-refractivity contribution in [1.82, 2.24) is 4.90 Å². The summed E-state index contributed by atoms with van der Waals surface area (Å²) in [5.41, 5.74) is 11.8. The van der Waals surface area contributed by atoms with E-state index < -0.39 is 0 Å². The SMILES string of the molecule is Cc1ccc(C2c3ccc(Oc4ccc(N)cc4)cc3CCN2C)cc1. The van der Waals surface area contributed by atoms with E-state index in [0.717, 1.165) is 30.2 Å². The van der Waals surface area contributed by atoms with Gasteiger partial charge in [-0.2, -0.15) is 0 Å². The van der Waals surface area contributed by atoms with E-state index in [1.54, 1.807) is 0 Å². The molecule has 1 heterocycles. The van der Waals surface area contributed by atoms with Crippen LogP contribution in [0.3, 0.4) is 0 Å². The molecule has 0 bridgehead atoms. The van der Waals surface area contributed by atoms with Crippen LogP contribution in [0.25, 0.3) is 0 Å². The van der Waals surface area contributed by atoms with E-state index >= 15 is 0 Å². The predicted molar refractivity (Wildman–Crippen MR) is 107 cm³/mol. The molecule has 3 heteroatoms. The first-order valence-electron chi connectivity index (χ1n) is 9.03. The summed E-state index contributed by atoms with van der Waals surface area (Å²) in [7, 11) is 2.20. The summed E-state index contributed by atoms with van der Waals surface area (Å²) >= 11 is 0. The minimum absolute atomic E-state index is 0.296. The van der Waals surface area contributed by atoms with Gasteiger partial charge >= 0.3 is 0 Å². The fourth-order valence-corrected chi connectivity index (χ4v) is 3.65. The number of rotatable bonds is 3. The number of nitrogens with two attached hydrogens (primary N) is 1. The average molecular weight is 344 g/mol. The van der Waals surface area contributed by atoms with Crippen molar-refractivity contribution in [1.29, 1.82) is 0 Å². The number of hydrogen-bond acceptors (Lipinski definition) is 3. The van der Waals surface area contributed by atoms with E-state index in [1.165, 1.54) is 22.3 Å². The molecule has 0 fully saturated rings. The Morgan fingerprint density at radius 2 is 1.62 bits per heavy atom. The third-order valence-corrected chi connectivity index (χ3v) is 5.09. The molecular formula is C23H24N2O. The maximum Gasteiger partial charge on any atom is 0.127 e. The van der Waals surface area contributed by atoms with E-state index in [4.69, 9.17) is 10.5 Å². The van der Waals surface area contributed by atoms with Gasteiger partial charge in [-0.05, 0) is 73.5 Å². The van der Waals surface area contributed by atoms with Crippen molar-refractivity contribution in [2.75, 3.05) is 19.3 Å². The zero-order valence-corrected chi connectivity index (χ0v) is 15.3. The number of fused-ring (bicyclic) bond motifs is 1. The van der Waals surface area contributed by atoms with Crippen molar-refractivity contribution < 1.29 is 4.74 Å². The second kappa shape index (κ2) is 6.85. The molecule has 1 aliphatic rings. The van der Waals surface area contributed by atoms with Gasteiger partial charge in [0.1, 0.15) is 11.5 Å². The molecule has 4 rings (SSSR count). The van der Waals surface area contributed by atoms with Gasteiger partial charge in [0.2, 0.25) is 0 Å². The van der Waals surface area contributed by atoms with Gasteiger partial charge in [0, 0.05) is 12.2 Å². The fraction of sp³-hybridized carbons (Fsp3) is 0.217. The molecule has 0 aromatic heterocycles. The highest BCUT2D eigenvalue weighted by atomic mass is 16.5. The maximum atomic E-state index is 6.01. The van der Waals surface area contributed by atoms with Crippen LogP contribution in [0.5, 0.6) is 11.5 Å². The van der Waals surface area contributed by atoms with Crippen molar-refractivity contribution in [2.24, 2.45) is 0 Å². The van der Waals surface area contributed by atoms with Gasteiger partial charge in [0.15, 0.2) is 0 Å². The molecule has 3 aromatic rings. The molecule has 0 spiro atoms. The largest absolute Gasteiger partial charge is 0.457 e. The number of benzene rings is 3. The molecule has 0 saturated carbocycles. The number of likely N-dealkylation sites (N-methyl/N-ethyl adjacent to an activating group) is 1. The van der Waals surface area contributed by atoms with Gasteiger partial charge < -0.3 is 10.5 Å². The zero-order valence-electron chi connectivity index (χ0n) is 15.3. The highest BCUT2D eigenvalue weighted by molar-refractivity contribution is 5.46. The number of anilines is 1. The molecule has 26 heavy (non-hydrogen) atoms. The van der Waals surface area contributed by atoms with Crippen LogP contribution in [0.15, 0.2) is 66.7 Å². The van der Waals surface area contributed by atoms with Crippen molar-refractivity contribution in [3.05, 3.63) is 89.0 Å². The summed E-state index contributed by atoms with van der Waals surface area (Å²) in [6.45, 7) is 3.17. The molecule has 0 amide bonds. The van der Waals surface area contributed by atoms with Gasteiger partial charge in [0.25, 0.3) is 0 Å². The van der Waals surface area contributed by atoms with Gasteiger partial charge in [-0.1, -0.05) is 35.9 Å². The third kappa shape index (κ3) is 3.31. The van der Waals surface area contributed by atoms with Crippen LogP contribution in [0.2, 0.25) is 0 Å². The second-order valence-electron chi connectivity index (χ2n) is 7.08. The minimum atomic E-state index is 0.296. The summed E-state index contributed by atoms with van der Waals surface area (Å²) in [5, 5.41) is 0. The summed E-state index contributed by atoms with van der Waals surface area (Å²) in [6, 6.07) is 23.1. The molecular weight excluding hydrogens is 320 g/mol. The summed E-state index contributed by atoms with van der Waals surface area (Å²) < 4.78 is 6.01. The van der Waals surface area contributed by atoms with Crippen LogP contribution in [0, 0.1) is 6.92 Å². The van der Waals surface area contributed by atoms with Crippen LogP contribution in [0.4, 0.5) is 5.69 Å². The standard InChI is InChI=1S/C23H24N2O/c1-16-3-5-17(6-4-16)23-22-12-11-21(15-18(22)13-14-25(23)2)26-20-9-7-19(24)8-10-20/h3-12,15,23H,13-14,24H2,1-2H3. The van der Waals surface area contributed by atoms with Gasteiger partial charge in [-0.25, -0.2) is 0 Å². The topological polar surface area (TPSA) is 38.5 Å². The van der Waals surface area contributed by atoms with Crippen molar-refractivity contribution in [2.45, 2.75) is 19.4 Å². The lowest BCUT2D eigenvalue weighted by Crippen LogP contribution is -2.32. The average Bonchev–Trinajstić information content (AvgIpc) is 2.65. The van der Waals surface area contributed by atoms with E-state index in [0.29, 0.717) is 6.04 Å². The predicted octanol–water partition coefficient (Wildman–Crippen LogP) is 4.95. The van der Waals surface area contributed by atoms with Gasteiger partial charge in [-0.3, -0.25) is 4.90 Å². The monoisotopic (exact) mass is 344 g/mol. The first-order valence-corrected chi connectivity index (χ1v) is 9.03. The molecule has 0 saturated heterocycles. The molecule has 0 radical (unpaired) electrons. The maximum absolute atomic E-state index is 6.01. The molecule has 3 aromatic carbocycles. The van der Waals surface area contributed by atoms with Crippen molar-refractivity contribution in [3.63, 3.8) is 0 Å². The lowest BCUT2D eigenvalue weighted by atomic mass is 9.88. The van der Waals surface area contributed by atoms with Crippen LogP contribution >= 0.6 is 0 Å². The Kier molecular flexibility index (Phi) is 4.39. The van der Waals surface area contributed by atoms with Crippen LogP contribution in [-0.4, -0.2) is 18.5 Å². The lowest BCUT2D eigenvalue weighted by molar-refractivity contribution is 0.264. The Morgan fingerprint density at radius 3 is 2.35 bits per heavy atom. The molecule has 0 aliphatic carbocycles. The van der Waals surface area contributed by atoms with E-state index in [2.05, 4.69) is 61.3 Å². The van der Waals surface area contributed by atoms with E-state index in [9.17, 15) is 0 Å². The van der Waals surface area contributed by atoms with E-state index in [1.807, 2.05) is 24.3 Å². The Labute approximate surface area is 155 Å². The molecule has 132 valence electrons. The lowest BCUT2D eigenvalue weighted by Gasteiger charge is -2.35. The van der Waals surface area contributed by atoms with Crippen LogP contribution < -0.4 is 10.5 Å². The summed E-state index contributed by atoms with van der Waals surface area (Å²) in [5.74, 6) is 1.68. The van der Waals surface area contributed by atoms with Gasteiger partial charge in [0.05, 0.1) is 6.04 Å². The quantitative estimate of drug-likeness (QED) is 0.684. The molecule has 1 atom stereocenters. The Balaban J connectivity index is 1.64. The number of hydrogen-bond donors (Lipinski definition) is 1. The molecule has 3 nitrogen and oxygen atoms in total. The smallest absolute Gasteiger partial charge is 0.127 e. The second-order valence-corrected chi connectivity index (χ2v) is 7.08. The van der Waals surface area contributed by atoms with Crippen LogP contribution in [-0.2, 0) is 6.42 Å². The van der Waals surface area contributed by atoms with Crippen molar-refractivity contribution in [3.8, 4) is 11.5 Å². The molecule has 1 unspecified atom stereocenters. The third-order valence-electron chi connectivity index (χ3n) is 5.09. The zero-order chi connectivity index (χ0) is 18.1. The minimum Gasteiger partial charge on any atom is -0.457 e. The first-order chi connectivity index (χ1) is 12.6. The number of aryl methyl sites for hydroxylation is 1. The normalized spacial score (nSPS) is 16.9. The number of nitrogen functional groups attached to an aromatic ring is 1. The summed E-state index contributed by atoms with van der Waals surface area (Å²) in [4.78, 5) is 2.42. The Morgan fingerprint density at radius 1 is 0.923 bits per heavy atom. The van der Waals surface area contributed by atoms with Crippen molar-refractivity contribution >= 4 is 5.69 Å². The highest BCUT2D eigenvalue weighted by Gasteiger charge is 2.26. The Hall–Kier alpha value is -2.78. The van der Waals surface area contributed by atoms with E-state index in [-0.39, 0.29) is 0 Å². The first kappa shape index (κ1) is 16.7. The fourth-order valence-electron chi connectivity index (χ4n) is 3.65. The highest BCUT2D eigenvalue weighted by Crippen LogP contribution is 2.36. The summed E-state index contributed by atoms with van der Waals surface area (Å²) in [6.07, 6.45) is 1.03.